The van der Waals surface area contributed by atoms with Crippen LogP contribution in [0, 0.1) is 28.6 Å². The highest BCUT2D eigenvalue weighted by Gasteiger charge is 2.59. The van der Waals surface area contributed by atoms with Crippen molar-refractivity contribution < 1.29 is 0 Å². The lowest BCUT2D eigenvalue weighted by Crippen LogP contribution is -2.54. The van der Waals surface area contributed by atoms with Crippen molar-refractivity contribution in [2.45, 2.75) is 85.2 Å². The second-order valence-corrected chi connectivity index (χ2v) is 9.13. The van der Waals surface area contributed by atoms with Crippen LogP contribution in [0.3, 0.4) is 0 Å². The number of hydrogen-bond donors (Lipinski definition) is 1. The molecule has 0 aliphatic heterocycles. The minimum absolute atomic E-state index is 0.511. The predicted octanol–water partition coefficient (Wildman–Crippen LogP) is 4.62. The molecule has 3 rings (SSSR count). The molecule has 1 N–H and O–H groups in total. The van der Waals surface area contributed by atoms with Gasteiger partial charge in [0.15, 0.2) is 0 Å². The van der Waals surface area contributed by atoms with E-state index in [9.17, 15) is 0 Å². The first-order valence-corrected chi connectivity index (χ1v) is 8.57. The number of rotatable bonds is 2. The van der Waals surface area contributed by atoms with Crippen molar-refractivity contribution in [2.75, 3.05) is 0 Å². The molecule has 1 nitrogen and oxygen atoms in total. The van der Waals surface area contributed by atoms with Crippen LogP contribution in [0.25, 0.3) is 0 Å². The second kappa shape index (κ2) is 4.48. The molecule has 3 unspecified atom stereocenters. The Morgan fingerprint density at radius 3 is 2.11 bits per heavy atom. The van der Waals surface area contributed by atoms with Gasteiger partial charge >= 0.3 is 0 Å². The van der Waals surface area contributed by atoms with Gasteiger partial charge in [0.2, 0.25) is 0 Å². The molecule has 0 saturated heterocycles. The van der Waals surface area contributed by atoms with Gasteiger partial charge < -0.3 is 5.32 Å². The third-order valence-corrected chi connectivity index (χ3v) is 6.85. The molecule has 0 aromatic heterocycles. The first-order valence-electron chi connectivity index (χ1n) is 8.57. The molecule has 0 heterocycles. The summed E-state index contributed by atoms with van der Waals surface area (Å²) in [5, 5.41) is 4.14. The number of nitrogens with one attached hydrogen (secondary N) is 1. The van der Waals surface area contributed by atoms with Gasteiger partial charge in [0.1, 0.15) is 0 Å². The van der Waals surface area contributed by atoms with E-state index in [0.717, 1.165) is 29.8 Å². The largest absolute Gasteiger partial charge is 0.310 e. The molecular formula is C18H33N. The fourth-order valence-corrected chi connectivity index (χ4v) is 6.04. The molecule has 0 radical (unpaired) electrons. The lowest BCUT2D eigenvalue weighted by atomic mass is 9.67. The van der Waals surface area contributed by atoms with E-state index in [4.69, 9.17) is 0 Å². The van der Waals surface area contributed by atoms with Gasteiger partial charge in [-0.25, -0.2) is 0 Å². The summed E-state index contributed by atoms with van der Waals surface area (Å²) in [7, 11) is 0. The molecule has 5 atom stereocenters. The number of hydrogen-bond acceptors (Lipinski definition) is 1. The monoisotopic (exact) mass is 263 g/mol. The highest BCUT2D eigenvalue weighted by molar-refractivity contribution is 5.12. The van der Waals surface area contributed by atoms with Crippen molar-refractivity contribution in [3.05, 3.63) is 0 Å². The van der Waals surface area contributed by atoms with Gasteiger partial charge in [-0.05, 0) is 67.1 Å². The maximum absolute atomic E-state index is 4.14. The minimum Gasteiger partial charge on any atom is -0.310 e. The summed E-state index contributed by atoms with van der Waals surface area (Å²) in [5.74, 6) is 2.79. The zero-order valence-electron chi connectivity index (χ0n) is 13.6. The lowest BCUT2D eigenvalue weighted by Gasteiger charge is -2.46. The van der Waals surface area contributed by atoms with Crippen molar-refractivity contribution >= 4 is 0 Å². The van der Waals surface area contributed by atoms with Crippen molar-refractivity contribution in [1.29, 1.82) is 0 Å². The van der Waals surface area contributed by atoms with Crippen molar-refractivity contribution in [3.8, 4) is 0 Å². The van der Waals surface area contributed by atoms with E-state index >= 15 is 0 Å². The minimum atomic E-state index is 0.511. The van der Waals surface area contributed by atoms with E-state index in [1.165, 1.54) is 38.5 Å². The highest BCUT2D eigenvalue weighted by Crippen LogP contribution is 2.62. The van der Waals surface area contributed by atoms with Crippen LogP contribution in [0.4, 0.5) is 0 Å². The Morgan fingerprint density at radius 2 is 1.58 bits per heavy atom. The Balaban J connectivity index is 1.72. The SMILES string of the molecule is CC1CC(C)CC(NC2C(C)(C)[C@H]3CC[C@]2(C)C3)C1. The molecule has 19 heavy (non-hydrogen) atoms. The Morgan fingerprint density at radius 1 is 0.947 bits per heavy atom. The molecule has 0 aromatic rings. The van der Waals surface area contributed by atoms with Crippen LogP contribution in [0.5, 0.6) is 0 Å². The quantitative estimate of drug-likeness (QED) is 0.767. The molecular weight excluding hydrogens is 230 g/mol. The molecule has 3 saturated carbocycles. The molecule has 3 fully saturated rings. The fraction of sp³-hybridized carbons (Fsp3) is 1.00. The third-order valence-electron chi connectivity index (χ3n) is 6.85. The van der Waals surface area contributed by atoms with Crippen LogP contribution in [0.1, 0.15) is 73.1 Å². The standard InChI is InChI=1S/C18H33N/c1-12-8-13(2)10-15(9-12)19-16-17(3,4)14-6-7-18(16,5)11-14/h12-16,19H,6-11H2,1-5H3/t12?,13?,14-,15?,16?,18+/m0/s1. The van der Waals surface area contributed by atoms with E-state index in [1.54, 1.807) is 0 Å². The summed E-state index contributed by atoms with van der Waals surface area (Å²) in [4.78, 5) is 0. The van der Waals surface area contributed by atoms with Gasteiger partial charge in [0.25, 0.3) is 0 Å². The predicted molar refractivity (Wildman–Crippen MR) is 82.1 cm³/mol. The zero-order valence-corrected chi connectivity index (χ0v) is 13.6. The summed E-state index contributed by atoms with van der Waals surface area (Å²) in [5.41, 5.74) is 1.09. The average molecular weight is 263 g/mol. The van der Waals surface area contributed by atoms with Gasteiger partial charge in [-0.1, -0.05) is 34.6 Å². The first-order chi connectivity index (χ1) is 8.81. The molecule has 110 valence electrons. The van der Waals surface area contributed by atoms with Crippen LogP contribution >= 0.6 is 0 Å². The van der Waals surface area contributed by atoms with Crippen LogP contribution in [0.2, 0.25) is 0 Å². The Kier molecular flexibility index (Phi) is 3.28. The van der Waals surface area contributed by atoms with E-state index in [-0.39, 0.29) is 0 Å². The van der Waals surface area contributed by atoms with Gasteiger partial charge in [0.05, 0.1) is 0 Å². The molecule has 0 spiro atoms. The van der Waals surface area contributed by atoms with Gasteiger partial charge in [-0.2, -0.15) is 0 Å². The summed E-state index contributed by atoms with van der Waals surface area (Å²) < 4.78 is 0. The normalized spacial score (nSPS) is 52.6. The van der Waals surface area contributed by atoms with Gasteiger partial charge in [-0.15, -0.1) is 0 Å². The van der Waals surface area contributed by atoms with Crippen molar-refractivity contribution in [2.24, 2.45) is 28.6 Å². The van der Waals surface area contributed by atoms with E-state index in [0.29, 0.717) is 10.8 Å². The molecule has 3 aliphatic rings. The summed E-state index contributed by atoms with van der Waals surface area (Å²) in [6.07, 6.45) is 8.63. The van der Waals surface area contributed by atoms with E-state index in [1.807, 2.05) is 0 Å². The smallest absolute Gasteiger partial charge is 0.0177 e. The van der Waals surface area contributed by atoms with Crippen molar-refractivity contribution in [3.63, 3.8) is 0 Å². The average Bonchev–Trinajstić information content (AvgIpc) is 2.74. The number of fused-ring (bicyclic) bond motifs is 2. The summed E-state index contributed by atoms with van der Waals surface area (Å²) in [6, 6.07) is 1.53. The highest BCUT2D eigenvalue weighted by atomic mass is 15.0. The van der Waals surface area contributed by atoms with Crippen LogP contribution < -0.4 is 5.32 Å². The molecule has 1 heteroatoms. The van der Waals surface area contributed by atoms with Crippen LogP contribution in [0.15, 0.2) is 0 Å². The maximum atomic E-state index is 4.14. The molecule has 0 amide bonds. The maximum Gasteiger partial charge on any atom is 0.0177 e. The van der Waals surface area contributed by atoms with E-state index in [2.05, 4.69) is 39.9 Å². The van der Waals surface area contributed by atoms with Gasteiger partial charge in [0, 0.05) is 12.1 Å². The second-order valence-electron chi connectivity index (χ2n) is 9.13. The van der Waals surface area contributed by atoms with Crippen LogP contribution in [-0.4, -0.2) is 12.1 Å². The molecule has 2 bridgehead atoms. The zero-order chi connectivity index (χ0) is 13.8. The fourth-order valence-electron chi connectivity index (χ4n) is 6.04. The van der Waals surface area contributed by atoms with Crippen molar-refractivity contribution in [1.82, 2.24) is 5.32 Å². The summed E-state index contributed by atoms with van der Waals surface area (Å²) in [6.45, 7) is 12.5. The lowest BCUT2D eigenvalue weighted by molar-refractivity contribution is 0.0828. The first kappa shape index (κ1) is 13.9. The summed E-state index contributed by atoms with van der Waals surface area (Å²) >= 11 is 0. The topological polar surface area (TPSA) is 12.0 Å². The molecule has 3 aliphatic carbocycles. The van der Waals surface area contributed by atoms with Gasteiger partial charge in [-0.3, -0.25) is 0 Å². The Labute approximate surface area is 119 Å². The van der Waals surface area contributed by atoms with Crippen LogP contribution in [-0.2, 0) is 0 Å². The third kappa shape index (κ3) is 2.26. The molecule has 0 aromatic carbocycles. The Hall–Kier alpha value is -0.0400. The van der Waals surface area contributed by atoms with E-state index < -0.39 is 0 Å². The Bertz CT molecular complexity index is 333.